The van der Waals surface area contributed by atoms with E-state index in [4.69, 9.17) is 10.5 Å². The van der Waals surface area contributed by atoms with Crippen molar-refractivity contribution in [1.29, 1.82) is 0 Å². The van der Waals surface area contributed by atoms with Crippen LogP contribution in [0.4, 0.5) is 23.9 Å². The predicted octanol–water partition coefficient (Wildman–Crippen LogP) is 2.04. The number of methoxy groups -OCH3 is 1. The van der Waals surface area contributed by atoms with Gasteiger partial charge >= 0.3 is 18.2 Å². The summed E-state index contributed by atoms with van der Waals surface area (Å²) in [5, 5.41) is 0. The molecule has 1 heterocycles. The number of hydrogen-bond acceptors (Lipinski definition) is 7. The van der Waals surface area contributed by atoms with Crippen molar-refractivity contribution in [2.24, 2.45) is 5.73 Å². The molecule has 13 heteroatoms. The number of sulfonamides is 1. The van der Waals surface area contributed by atoms with Gasteiger partial charge in [0, 0.05) is 6.08 Å². The van der Waals surface area contributed by atoms with Gasteiger partial charge in [-0.1, -0.05) is 18.2 Å². The third kappa shape index (κ3) is 4.73. The molecule has 2 amide bonds. The smallest absolute Gasteiger partial charge is 0.409 e. The normalized spacial score (nSPS) is 12.2. The van der Waals surface area contributed by atoms with Crippen molar-refractivity contribution in [2.45, 2.75) is 18.0 Å². The molecule has 0 aliphatic heterocycles. The number of amides is 2. The quantitative estimate of drug-likeness (QED) is 0.788. The number of alkyl halides is 3. The lowest BCUT2D eigenvalue weighted by molar-refractivity contribution is -0.0790. The van der Waals surface area contributed by atoms with Gasteiger partial charge in [0.25, 0.3) is 16.0 Å². The average molecular weight is 417 g/mol. The summed E-state index contributed by atoms with van der Waals surface area (Å²) in [4.78, 5) is 22.5. The second-order valence-corrected chi connectivity index (χ2v) is 6.94. The lowest BCUT2D eigenvalue weighted by Gasteiger charge is -2.20. The van der Waals surface area contributed by atoms with E-state index in [0.717, 1.165) is 12.1 Å². The number of aromatic nitrogens is 3. The molecule has 2 rings (SSSR count). The fourth-order valence-corrected chi connectivity index (χ4v) is 3.50. The molecule has 2 aromatic rings. The highest BCUT2D eigenvalue weighted by Crippen LogP contribution is 2.27. The van der Waals surface area contributed by atoms with Gasteiger partial charge in [0.15, 0.2) is 0 Å². The van der Waals surface area contributed by atoms with Crippen LogP contribution in [0.25, 0.3) is 6.08 Å². The van der Waals surface area contributed by atoms with Gasteiger partial charge in [-0.25, -0.2) is 13.2 Å². The van der Waals surface area contributed by atoms with E-state index in [1.807, 2.05) is 0 Å². The third-order valence-electron chi connectivity index (χ3n) is 3.17. The minimum absolute atomic E-state index is 0.0218. The van der Waals surface area contributed by atoms with Crippen LogP contribution in [0.3, 0.4) is 0 Å². The first-order valence-electron chi connectivity index (χ1n) is 7.42. The molecule has 2 N–H and O–H groups in total. The van der Waals surface area contributed by atoms with Crippen LogP contribution in [-0.2, 0) is 10.0 Å². The fraction of sp³-hybridized carbons (Fsp3) is 0.200. The Morgan fingerprint density at radius 2 is 1.86 bits per heavy atom. The van der Waals surface area contributed by atoms with E-state index in [1.54, 1.807) is 0 Å². The molecule has 0 aliphatic carbocycles. The number of nitrogens with zero attached hydrogens (tertiary/aromatic N) is 4. The van der Waals surface area contributed by atoms with E-state index in [9.17, 15) is 26.4 Å². The highest BCUT2D eigenvalue weighted by molar-refractivity contribution is 7.93. The molecule has 0 fully saturated rings. The Hall–Kier alpha value is -3.22. The minimum atomic E-state index is -4.76. The van der Waals surface area contributed by atoms with E-state index >= 15 is 0 Å². The van der Waals surface area contributed by atoms with Crippen molar-refractivity contribution in [3.63, 3.8) is 0 Å². The molecular weight excluding hydrogens is 403 g/mol. The summed E-state index contributed by atoms with van der Waals surface area (Å²) in [7, 11) is -3.55. The average Bonchev–Trinajstić information content (AvgIpc) is 2.58. The SMILES string of the molecule is COc1nc(C)nc(N(C(N)=O)S(=O)(=O)c2ccccc2C=CC(F)(F)F)n1. The summed E-state index contributed by atoms with van der Waals surface area (Å²) in [5.74, 6) is -0.639. The van der Waals surface area contributed by atoms with Crippen molar-refractivity contribution < 1.29 is 31.1 Å². The second-order valence-electron chi connectivity index (χ2n) is 5.19. The lowest BCUT2D eigenvalue weighted by atomic mass is 10.2. The van der Waals surface area contributed by atoms with Gasteiger partial charge in [-0.05, 0) is 24.6 Å². The summed E-state index contributed by atoms with van der Waals surface area (Å²) in [6.07, 6.45) is -4.24. The van der Waals surface area contributed by atoms with Gasteiger partial charge in [-0.2, -0.15) is 28.1 Å². The first-order valence-corrected chi connectivity index (χ1v) is 8.86. The molecule has 0 atom stereocenters. The van der Waals surface area contributed by atoms with Gasteiger partial charge < -0.3 is 10.5 Å². The number of halogens is 3. The summed E-state index contributed by atoms with van der Waals surface area (Å²) < 4.78 is 68.3. The van der Waals surface area contributed by atoms with Crippen LogP contribution in [-0.4, -0.2) is 42.7 Å². The van der Waals surface area contributed by atoms with Crippen LogP contribution in [0, 0.1) is 6.92 Å². The largest absolute Gasteiger partial charge is 0.467 e. The van der Waals surface area contributed by atoms with E-state index in [2.05, 4.69) is 15.0 Å². The molecule has 150 valence electrons. The number of aryl methyl sites for hydroxylation is 1. The number of anilines is 1. The second kappa shape index (κ2) is 7.80. The van der Waals surface area contributed by atoms with E-state index in [1.165, 1.54) is 26.2 Å². The van der Waals surface area contributed by atoms with Gasteiger partial charge in [0.05, 0.1) is 12.0 Å². The zero-order valence-corrected chi connectivity index (χ0v) is 15.3. The molecule has 0 aliphatic rings. The maximum atomic E-state index is 13.0. The lowest BCUT2D eigenvalue weighted by Crippen LogP contribution is -2.42. The molecule has 9 nitrogen and oxygen atoms in total. The number of hydrogen-bond donors (Lipinski definition) is 1. The van der Waals surface area contributed by atoms with Crippen LogP contribution in [0.2, 0.25) is 0 Å². The number of nitrogens with two attached hydrogens (primary N) is 1. The van der Waals surface area contributed by atoms with E-state index < -0.39 is 33.1 Å². The molecule has 0 unspecified atom stereocenters. The van der Waals surface area contributed by atoms with Crippen molar-refractivity contribution >= 4 is 28.1 Å². The summed E-state index contributed by atoms with van der Waals surface area (Å²) in [6, 6.07) is 3.01. The Morgan fingerprint density at radius 3 is 2.43 bits per heavy atom. The molecule has 0 bridgehead atoms. The molecule has 1 aromatic heterocycles. The third-order valence-corrected chi connectivity index (χ3v) is 4.92. The van der Waals surface area contributed by atoms with Crippen LogP contribution in [0.15, 0.2) is 35.2 Å². The number of carbonyl (C=O) groups is 1. The molecular formula is C15H14F3N5O4S. The van der Waals surface area contributed by atoms with Crippen molar-refractivity contribution in [1.82, 2.24) is 15.0 Å². The minimum Gasteiger partial charge on any atom is -0.467 e. The standard InChI is InChI=1S/C15H14F3N5O4S/c1-9-20-13(22-14(21-9)27-2)23(12(19)24)28(25,26)11-6-4-3-5-10(11)7-8-15(16,17)18/h3-8H,1-2H3,(H2,19,24). The number of rotatable bonds is 5. The van der Waals surface area contributed by atoms with E-state index in [-0.39, 0.29) is 27.8 Å². The van der Waals surface area contributed by atoms with Crippen LogP contribution >= 0.6 is 0 Å². The zero-order chi connectivity index (χ0) is 21.1. The maximum absolute atomic E-state index is 13.0. The van der Waals surface area contributed by atoms with Gasteiger partial charge in [-0.15, -0.1) is 4.31 Å². The number of carbonyl (C=O) groups excluding carboxylic acids is 1. The number of allylic oxidation sites excluding steroid dienone is 1. The van der Waals surface area contributed by atoms with Crippen molar-refractivity contribution in [3.8, 4) is 6.01 Å². The first-order chi connectivity index (χ1) is 13.0. The van der Waals surface area contributed by atoms with Crippen LogP contribution < -0.4 is 14.8 Å². The highest BCUT2D eigenvalue weighted by atomic mass is 32.2. The monoisotopic (exact) mass is 417 g/mol. The van der Waals surface area contributed by atoms with Gasteiger partial charge in [-0.3, -0.25) is 0 Å². The van der Waals surface area contributed by atoms with Crippen LogP contribution in [0.5, 0.6) is 6.01 Å². The fourth-order valence-electron chi connectivity index (χ4n) is 2.09. The molecule has 0 saturated carbocycles. The number of primary amides is 1. The van der Waals surface area contributed by atoms with Crippen LogP contribution in [0.1, 0.15) is 11.4 Å². The Morgan fingerprint density at radius 1 is 1.21 bits per heavy atom. The number of urea groups is 1. The molecule has 0 spiro atoms. The molecule has 0 saturated heterocycles. The summed E-state index contributed by atoms with van der Waals surface area (Å²) in [6.45, 7) is 1.39. The molecule has 1 aromatic carbocycles. The van der Waals surface area contributed by atoms with E-state index in [0.29, 0.717) is 6.08 Å². The Balaban J connectivity index is 2.66. The zero-order valence-electron chi connectivity index (χ0n) is 14.5. The summed E-state index contributed by atoms with van der Waals surface area (Å²) in [5.41, 5.74) is 4.88. The Kier molecular flexibility index (Phi) is 5.87. The number of ether oxygens (including phenoxy) is 1. The number of benzene rings is 1. The van der Waals surface area contributed by atoms with Gasteiger partial charge in [0.2, 0.25) is 0 Å². The van der Waals surface area contributed by atoms with Crippen molar-refractivity contribution in [2.75, 3.05) is 11.4 Å². The highest BCUT2D eigenvalue weighted by Gasteiger charge is 2.34. The molecule has 0 radical (unpaired) electrons. The van der Waals surface area contributed by atoms with Crippen molar-refractivity contribution in [3.05, 3.63) is 41.7 Å². The Bertz CT molecular complexity index is 1020. The summed E-state index contributed by atoms with van der Waals surface area (Å²) >= 11 is 0. The topological polar surface area (TPSA) is 128 Å². The van der Waals surface area contributed by atoms with Gasteiger partial charge in [0.1, 0.15) is 5.82 Å². The predicted molar refractivity (Wildman–Crippen MR) is 91.9 cm³/mol. The Labute approximate surface area is 157 Å². The molecule has 28 heavy (non-hydrogen) atoms. The maximum Gasteiger partial charge on any atom is 0.409 e. The first kappa shape index (κ1) is 21.1.